The molecule has 328 valence electrons. The molecule has 21 heteroatoms. The van der Waals surface area contributed by atoms with Crippen molar-refractivity contribution in [2.24, 2.45) is 5.16 Å². The second-order valence-corrected chi connectivity index (χ2v) is 16.7. The standard InChI is InChI=1S/C42H38ClN5O13S2/c1-22(49)56-28-17-16-26(18-29(28)57-23(2)50)35(40(54)58-34(24-12-8-6-9-13-24)25-14-10-7-11-15-25)60-45-32(36-44-38(63-47-36)41(55)59-42(3,4)5)37(52)46-61-39(53)33-27(20-43)21-62-31-19-30(51)48(31)33/h6-18,31,34-35H,19-21H2,1-5H3,(H,46,52)/b45-32-/t31-,35+/m0/s1. The third-order valence-electron chi connectivity index (χ3n) is 8.63. The van der Waals surface area contributed by atoms with E-state index in [9.17, 15) is 33.6 Å². The Morgan fingerprint density at radius 1 is 0.889 bits per heavy atom. The minimum absolute atomic E-state index is 0.0767. The van der Waals surface area contributed by atoms with Crippen LogP contribution in [0.15, 0.2) is 95.3 Å². The Kier molecular flexibility index (Phi) is 14.6. The van der Waals surface area contributed by atoms with Gasteiger partial charge in [0.25, 0.3) is 0 Å². The van der Waals surface area contributed by atoms with Crippen molar-refractivity contribution >= 4 is 82.3 Å². The number of nitrogens with zero attached hydrogens (tertiary/aromatic N) is 4. The molecule has 2 aliphatic rings. The molecule has 1 N–H and O–H groups in total. The Hall–Kier alpha value is -6.64. The first-order valence-electron chi connectivity index (χ1n) is 18.9. The number of hydrogen-bond acceptors (Lipinski definition) is 18. The molecule has 0 spiro atoms. The van der Waals surface area contributed by atoms with Crippen LogP contribution in [0, 0.1) is 0 Å². The van der Waals surface area contributed by atoms with E-state index in [4.69, 9.17) is 40.2 Å². The monoisotopic (exact) mass is 919 g/mol. The van der Waals surface area contributed by atoms with E-state index >= 15 is 0 Å². The van der Waals surface area contributed by atoms with Crippen LogP contribution in [0.2, 0.25) is 0 Å². The molecule has 1 aromatic heterocycles. The Morgan fingerprint density at radius 2 is 1.52 bits per heavy atom. The van der Waals surface area contributed by atoms with Gasteiger partial charge in [0.05, 0.1) is 11.8 Å². The highest BCUT2D eigenvalue weighted by Gasteiger charge is 2.46. The van der Waals surface area contributed by atoms with Crippen molar-refractivity contribution in [2.75, 3.05) is 11.6 Å². The summed E-state index contributed by atoms with van der Waals surface area (Å²) in [5, 5.41) is 3.36. The van der Waals surface area contributed by atoms with Gasteiger partial charge in [-0.05, 0) is 61.1 Å². The Labute approximate surface area is 373 Å². The minimum Gasteiger partial charge on any atom is -0.455 e. The number of carbonyl (C=O) groups is 7. The molecule has 1 saturated heterocycles. The van der Waals surface area contributed by atoms with Gasteiger partial charge in [-0.25, -0.2) is 19.4 Å². The van der Waals surface area contributed by atoms with Gasteiger partial charge in [0.15, 0.2) is 17.6 Å². The average molecular weight is 920 g/mol. The number of amides is 2. The predicted octanol–water partition coefficient (Wildman–Crippen LogP) is 5.51. The summed E-state index contributed by atoms with van der Waals surface area (Å²) in [5.41, 5.74) is 1.55. The van der Waals surface area contributed by atoms with E-state index in [0.29, 0.717) is 34.0 Å². The van der Waals surface area contributed by atoms with Crippen LogP contribution in [0.3, 0.4) is 0 Å². The average Bonchev–Trinajstić information content (AvgIpc) is 3.73. The van der Waals surface area contributed by atoms with Crippen molar-refractivity contribution in [3.63, 3.8) is 0 Å². The van der Waals surface area contributed by atoms with Crippen LogP contribution in [0.25, 0.3) is 0 Å². The van der Waals surface area contributed by atoms with E-state index in [1.807, 2.05) is 5.48 Å². The molecule has 2 aliphatic heterocycles. The smallest absolute Gasteiger partial charge is 0.379 e. The lowest BCUT2D eigenvalue weighted by molar-refractivity contribution is -0.162. The number of nitrogens with one attached hydrogen (secondary N) is 1. The number of benzene rings is 3. The number of esters is 4. The van der Waals surface area contributed by atoms with Crippen molar-refractivity contribution in [3.05, 3.63) is 118 Å². The lowest BCUT2D eigenvalue weighted by Gasteiger charge is -2.44. The van der Waals surface area contributed by atoms with E-state index in [1.165, 1.54) is 34.9 Å². The number of oxime groups is 1. The van der Waals surface area contributed by atoms with Gasteiger partial charge in [0, 0.05) is 31.0 Å². The fourth-order valence-corrected chi connectivity index (χ4v) is 8.08. The third-order valence-corrected chi connectivity index (χ3v) is 10.9. The van der Waals surface area contributed by atoms with Crippen molar-refractivity contribution in [1.29, 1.82) is 0 Å². The fraction of sp³-hybridized carbons (Fsp3) is 0.286. The molecule has 0 unspecified atom stereocenters. The molecule has 4 aromatic rings. The number of carbonyl (C=O) groups excluding carboxylic acids is 7. The van der Waals surface area contributed by atoms with Crippen LogP contribution in [0.1, 0.15) is 85.6 Å². The zero-order chi connectivity index (χ0) is 45.4. The number of hydroxylamine groups is 1. The number of ether oxygens (including phenoxy) is 4. The largest absolute Gasteiger partial charge is 0.455 e. The molecule has 0 bridgehead atoms. The van der Waals surface area contributed by atoms with Crippen LogP contribution >= 0.6 is 34.9 Å². The number of alkyl halides is 1. The number of rotatable bonds is 14. The van der Waals surface area contributed by atoms with Gasteiger partial charge in [-0.2, -0.15) is 9.85 Å². The minimum atomic E-state index is -1.89. The summed E-state index contributed by atoms with van der Waals surface area (Å²) in [6.07, 6.45) is -2.70. The molecule has 0 aliphatic carbocycles. The van der Waals surface area contributed by atoms with Crippen molar-refractivity contribution in [1.82, 2.24) is 19.7 Å². The van der Waals surface area contributed by atoms with E-state index in [2.05, 4.69) is 14.5 Å². The first-order chi connectivity index (χ1) is 30.0. The van der Waals surface area contributed by atoms with E-state index in [-0.39, 0.29) is 51.3 Å². The van der Waals surface area contributed by atoms with Crippen molar-refractivity contribution in [3.8, 4) is 11.5 Å². The van der Waals surface area contributed by atoms with Crippen molar-refractivity contribution in [2.45, 2.75) is 64.2 Å². The van der Waals surface area contributed by atoms with Crippen LogP contribution in [-0.2, 0) is 47.9 Å². The summed E-state index contributed by atoms with van der Waals surface area (Å²) in [6, 6.07) is 21.2. The second kappa shape index (κ2) is 20.0. The summed E-state index contributed by atoms with van der Waals surface area (Å²) in [7, 11) is 0. The summed E-state index contributed by atoms with van der Waals surface area (Å²) in [4.78, 5) is 108. The molecule has 0 radical (unpaired) electrons. The van der Waals surface area contributed by atoms with E-state index in [0.717, 1.165) is 13.8 Å². The molecule has 2 atom stereocenters. The van der Waals surface area contributed by atoms with Gasteiger partial charge in [-0.1, -0.05) is 71.9 Å². The number of thioether (sulfide) groups is 1. The molecule has 18 nitrogen and oxygen atoms in total. The number of β-lactam (4-membered cyclic amide) rings is 1. The first kappa shape index (κ1) is 45.9. The van der Waals surface area contributed by atoms with Gasteiger partial charge in [-0.15, -0.1) is 23.4 Å². The van der Waals surface area contributed by atoms with Crippen LogP contribution in [-0.4, -0.2) is 84.2 Å². The third kappa shape index (κ3) is 11.4. The molecular weight excluding hydrogens is 882 g/mol. The van der Waals surface area contributed by atoms with E-state index in [1.54, 1.807) is 81.4 Å². The zero-order valence-electron chi connectivity index (χ0n) is 34.1. The Morgan fingerprint density at radius 3 is 2.11 bits per heavy atom. The molecule has 3 aromatic carbocycles. The Balaban J connectivity index is 1.40. The maximum Gasteiger partial charge on any atom is 0.379 e. The van der Waals surface area contributed by atoms with Crippen molar-refractivity contribution < 1.29 is 62.2 Å². The lowest BCUT2D eigenvalue weighted by atomic mass is 10.0. The number of halogens is 1. The number of hydrogen-bond donors (Lipinski definition) is 1. The molecule has 1 fully saturated rings. The highest BCUT2D eigenvalue weighted by Crippen LogP contribution is 2.40. The summed E-state index contributed by atoms with van der Waals surface area (Å²) in [6.45, 7) is 7.13. The molecule has 0 saturated carbocycles. The maximum atomic E-state index is 14.5. The zero-order valence-corrected chi connectivity index (χ0v) is 36.5. The maximum absolute atomic E-state index is 14.5. The van der Waals surface area contributed by atoms with Gasteiger partial charge < -0.3 is 28.6 Å². The summed E-state index contributed by atoms with van der Waals surface area (Å²) in [5.74, 6) is -7.02. The molecule has 2 amide bonds. The Bertz CT molecular complexity index is 2450. The number of aromatic nitrogens is 2. The number of fused-ring (bicyclic) bond motifs is 1. The van der Waals surface area contributed by atoms with Gasteiger partial charge in [-0.3, -0.25) is 24.1 Å². The van der Waals surface area contributed by atoms with Gasteiger partial charge in [0.2, 0.25) is 28.6 Å². The topological polar surface area (TPSA) is 228 Å². The quantitative estimate of drug-likeness (QED) is 0.0313. The lowest BCUT2D eigenvalue weighted by Crippen LogP contribution is -2.54. The molecule has 6 rings (SSSR count). The highest BCUT2D eigenvalue weighted by molar-refractivity contribution is 8.00. The SMILES string of the molecule is CC(=O)Oc1ccc([C@@H](O/N=C(\C(=O)NOC(=O)C2=C(CCl)CS[C@H]3CC(=O)N23)c2nsc(C(=O)OC(C)(C)C)n2)C(=O)OC(c2ccccc2)c2ccccc2)cc1OC(C)=O. The first-order valence-corrected chi connectivity index (χ1v) is 21.2. The van der Waals surface area contributed by atoms with E-state index < -0.39 is 65.1 Å². The predicted molar refractivity (Wildman–Crippen MR) is 225 cm³/mol. The molecular formula is C42H38ClN5O13S2. The van der Waals surface area contributed by atoms with Gasteiger partial charge in [0.1, 0.15) is 11.3 Å². The second-order valence-electron chi connectivity index (χ2n) is 14.5. The fourth-order valence-electron chi connectivity index (χ4n) is 5.94. The summed E-state index contributed by atoms with van der Waals surface area (Å²) >= 11 is 8.07. The highest BCUT2D eigenvalue weighted by atomic mass is 35.5. The molecule has 63 heavy (non-hydrogen) atoms. The van der Waals surface area contributed by atoms with Crippen LogP contribution in [0.4, 0.5) is 0 Å². The normalized spacial score (nSPS) is 15.3. The van der Waals surface area contributed by atoms with Crippen LogP contribution in [0.5, 0.6) is 11.5 Å². The summed E-state index contributed by atoms with van der Waals surface area (Å²) < 4.78 is 26.1. The van der Waals surface area contributed by atoms with Crippen LogP contribution < -0.4 is 15.0 Å². The molecule has 3 heterocycles. The van der Waals surface area contributed by atoms with Gasteiger partial charge >= 0.3 is 35.8 Å².